The molecule has 2 N–H and O–H groups in total. The molecule has 1 aliphatic rings. The van der Waals surface area contributed by atoms with E-state index in [0.29, 0.717) is 41.0 Å². The molecule has 0 saturated carbocycles. The number of anilines is 2. The lowest BCUT2D eigenvalue weighted by Crippen LogP contribution is -2.32. The summed E-state index contributed by atoms with van der Waals surface area (Å²) in [5.74, 6) is 2.12. The Balaban J connectivity index is 1.69. The summed E-state index contributed by atoms with van der Waals surface area (Å²) in [5, 5.41) is 10.6. The molecule has 2 heterocycles. The van der Waals surface area contributed by atoms with E-state index in [4.69, 9.17) is 14.2 Å². The minimum atomic E-state index is -0.535. The van der Waals surface area contributed by atoms with Crippen LogP contribution in [0.15, 0.2) is 60.1 Å². The highest BCUT2D eigenvalue weighted by Crippen LogP contribution is 2.40. The van der Waals surface area contributed by atoms with Crippen molar-refractivity contribution >= 4 is 17.5 Å². The van der Waals surface area contributed by atoms with Gasteiger partial charge in [0.15, 0.2) is 0 Å². The number of aromatic nitrogens is 3. The van der Waals surface area contributed by atoms with Gasteiger partial charge in [0.25, 0.3) is 5.91 Å². The first-order chi connectivity index (χ1) is 17.6. The van der Waals surface area contributed by atoms with Gasteiger partial charge in [-0.2, -0.15) is 10.1 Å². The average Bonchev–Trinajstić information content (AvgIpc) is 3.36. The van der Waals surface area contributed by atoms with Gasteiger partial charge in [0.05, 0.1) is 32.1 Å². The standard InChI is InChI=1S/C27H33N5O4/c1-5-6-7-10-15-36-22-12-9-8-11-20(22)25-24(18(2)30-27-28-17-29-32(25)27)26(33)31-21-16-19(34-3)13-14-23(21)35-4/h8-9,11-14,16-17,25H,5-7,10,15H2,1-4H3,(H,31,33)(H,28,29,30)/t25-/m1/s1. The molecule has 9 nitrogen and oxygen atoms in total. The summed E-state index contributed by atoms with van der Waals surface area (Å²) in [6, 6.07) is 12.5. The lowest BCUT2D eigenvalue weighted by Gasteiger charge is -2.30. The van der Waals surface area contributed by atoms with E-state index < -0.39 is 6.04 Å². The first-order valence-electron chi connectivity index (χ1n) is 12.2. The van der Waals surface area contributed by atoms with Crippen LogP contribution in [-0.4, -0.2) is 41.5 Å². The minimum absolute atomic E-state index is 0.296. The van der Waals surface area contributed by atoms with Crippen molar-refractivity contribution in [2.45, 2.75) is 45.6 Å². The molecule has 3 aromatic rings. The normalized spacial score (nSPS) is 14.6. The second kappa shape index (κ2) is 11.6. The first-order valence-corrected chi connectivity index (χ1v) is 12.2. The molecule has 1 amide bonds. The lowest BCUT2D eigenvalue weighted by atomic mass is 9.94. The van der Waals surface area contributed by atoms with Gasteiger partial charge >= 0.3 is 0 Å². The Hall–Kier alpha value is -4.01. The van der Waals surface area contributed by atoms with Crippen LogP contribution in [0.4, 0.5) is 11.6 Å². The summed E-state index contributed by atoms with van der Waals surface area (Å²) in [5.41, 5.74) is 2.52. The zero-order chi connectivity index (χ0) is 25.5. The average molecular weight is 492 g/mol. The summed E-state index contributed by atoms with van der Waals surface area (Å²) < 4.78 is 18.7. The quantitative estimate of drug-likeness (QED) is 0.357. The van der Waals surface area contributed by atoms with E-state index >= 15 is 0 Å². The molecule has 0 aliphatic carbocycles. The first kappa shape index (κ1) is 25.1. The van der Waals surface area contributed by atoms with E-state index in [0.717, 1.165) is 24.2 Å². The number of allylic oxidation sites excluding steroid dienone is 1. The molecular formula is C27H33N5O4. The number of fused-ring (bicyclic) bond motifs is 1. The van der Waals surface area contributed by atoms with Crippen LogP contribution in [0.2, 0.25) is 0 Å². The van der Waals surface area contributed by atoms with Crippen molar-refractivity contribution in [3.05, 3.63) is 65.6 Å². The minimum Gasteiger partial charge on any atom is -0.497 e. The van der Waals surface area contributed by atoms with Gasteiger partial charge in [0.1, 0.15) is 29.6 Å². The molecule has 0 spiro atoms. The molecular weight excluding hydrogens is 458 g/mol. The molecule has 9 heteroatoms. The van der Waals surface area contributed by atoms with Crippen LogP contribution in [0, 0.1) is 0 Å². The third-order valence-corrected chi connectivity index (χ3v) is 6.16. The van der Waals surface area contributed by atoms with E-state index in [9.17, 15) is 4.79 Å². The topological polar surface area (TPSA) is 99.5 Å². The van der Waals surface area contributed by atoms with Gasteiger partial charge < -0.3 is 24.8 Å². The maximum atomic E-state index is 13.8. The fourth-order valence-corrected chi connectivity index (χ4v) is 4.32. The van der Waals surface area contributed by atoms with Crippen molar-refractivity contribution in [3.8, 4) is 17.2 Å². The van der Waals surface area contributed by atoms with E-state index in [-0.39, 0.29) is 5.91 Å². The van der Waals surface area contributed by atoms with Crippen molar-refractivity contribution < 1.29 is 19.0 Å². The van der Waals surface area contributed by atoms with Gasteiger partial charge in [-0.3, -0.25) is 4.79 Å². The number of carbonyl (C=O) groups excluding carboxylic acids is 1. The van der Waals surface area contributed by atoms with E-state index in [1.54, 1.807) is 37.1 Å². The number of rotatable bonds is 11. The van der Waals surface area contributed by atoms with Crippen molar-refractivity contribution in [3.63, 3.8) is 0 Å². The number of hydrogen-bond donors (Lipinski definition) is 2. The van der Waals surface area contributed by atoms with Crippen molar-refractivity contribution in [2.75, 3.05) is 31.5 Å². The fraction of sp³-hybridized carbons (Fsp3) is 0.370. The molecule has 1 aromatic heterocycles. The summed E-state index contributed by atoms with van der Waals surface area (Å²) in [7, 11) is 3.13. The van der Waals surface area contributed by atoms with E-state index in [1.165, 1.54) is 19.2 Å². The predicted molar refractivity (Wildman–Crippen MR) is 139 cm³/mol. The van der Waals surface area contributed by atoms with Gasteiger partial charge in [-0.25, -0.2) is 4.68 Å². The maximum Gasteiger partial charge on any atom is 0.255 e. The van der Waals surface area contributed by atoms with Crippen LogP contribution in [-0.2, 0) is 4.79 Å². The number of nitrogens with zero attached hydrogens (tertiary/aromatic N) is 3. The number of hydrogen-bond acceptors (Lipinski definition) is 7. The zero-order valence-electron chi connectivity index (χ0n) is 21.2. The highest BCUT2D eigenvalue weighted by atomic mass is 16.5. The largest absolute Gasteiger partial charge is 0.497 e. The van der Waals surface area contributed by atoms with E-state index in [1.807, 2.05) is 31.2 Å². The number of unbranched alkanes of at least 4 members (excludes halogenated alkanes) is 3. The molecule has 0 saturated heterocycles. The predicted octanol–water partition coefficient (Wildman–Crippen LogP) is 5.18. The van der Waals surface area contributed by atoms with Crippen LogP contribution in [0.25, 0.3) is 0 Å². The van der Waals surface area contributed by atoms with Gasteiger partial charge in [0, 0.05) is 17.3 Å². The number of methoxy groups -OCH3 is 2. The maximum absolute atomic E-state index is 13.8. The highest BCUT2D eigenvalue weighted by Gasteiger charge is 2.35. The Kier molecular flexibility index (Phi) is 8.10. The Bertz CT molecular complexity index is 1240. The van der Waals surface area contributed by atoms with Crippen LogP contribution in [0.5, 0.6) is 17.2 Å². The molecule has 190 valence electrons. The number of ether oxygens (including phenoxy) is 3. The number of benzene rings is 2. The number of nitrogens with one attached hydrogen (secondary N) is 2. The monoisotopic (exact) mass is 491 g/mol. The Labute approximate surface area is 211 Å². The number of amides is 1. The lowest BCUT2D eigenvalue weighted by molar-refractivity contribution is -0.113. The highest BCUT2D eigenvalue weighted by molar-refractivity contribution is 6.06. The van der Waals surface area contributed by atoms with Gasteiger partial charge in [-0.15, -0.1) is 0 Å². The zero-order valence-corrected chi connectivity index (χ0v) is 21.2. The fourth-order valence-electron chi connectivity index (χ4n) is 4.32. The van der Waals surface area contributed by atoms with Gasteiger partial charge in [0.2, 0.25) is 5.95 Å². The van der Waals surface area contributed by atoms with Crippen LogP contribution < -0.4 is 24.8 Å². The van der Waals surface area contributed by atoms with Crippen LogP contribution in [0.1, 0.15) is 51.1 Å². The third kappa shape index (κ3) is 5.30. The number of para-hydroxylation sites is 1. The third-order valence-electron chi connectivity index (χ3n) is 6.16. The molecule has 0 unspecified atom stereocenters. The Morgan fingerprint density at radius 1 is 1.08 bits per heavy atom. The summed E-state index contributed by atoms with van der Waals surface area (Å²) in [4.78, 5) is 18.1. The molecule has 2 aromatic carbocycles. The summed E-state index contributed by atoms with van der Waals surface area (Å²) in [6.45, 7) is 4.65. The molecule has 36 heavy (non-hydrogen) atoms. The van der Waals surface area contributed by atoms with Crippen LogP contribution >= 0.6 is 0 Å². The van der Waals surface area contributed by atoms with Crippen molar-refractivity contribution in [1.82, 2.24) is 14.8 Å². The molecule has 1 atom stereocenters. The molecule has 0 fully saturated rings. The smallest absolute Gasteiger partial charge is 0.255 e. The summed E-state index contributed by atoms with van der Waals surface area (Å²) >= 11 is 0. The Morgan fingerprint density at radius 2 is 1.92 bits per heavy atom. The second-order valence-electron chi connectivity index (χ2n) is 8.56. The van der Waals surface area contributed by atoms with Gasteiger partial charge in [-0.1, -0.05) is 44.4 Å². The number of carbonyl (C=O) groups is 1. The second-order valence-corrected chi connectivity index (χ2v) is 8.56. The molecule has 0 radical (unpaired) electrons. The van der Waals surface area contributed by atoms with Crippen molar-refractivity contribution in [2.24, 2.45) is 0 Å². The SMILES string of the molecule is CCCCCCOc1ccccc1[C@@H]1C(C(=O)Nc2cc(OC)ccc2OC)=C(C)Nc2ncnn21. The van der Waals surface area contributed by atoms with E-state index in [2.05, 4.69) is 27.6 Å². The van der Waals surface area contributed by atoms with Crippen molar-refractivity contribution in [1.29, 1.82) is 0 Å². The Morgan fingerprint density at radius 3 is 2.69 bits per heavy atom. The van der Waals surface area contributed by atoms with Gasteiger partial charge in [-0.05, 0) is 31.5 Å². The van der Waals surface area contributed by atoms with Crippen LogP contribution in [0.3, 0.4) is 0 Å². The molecule has 1 aliphatic heterocycles. The molecule has 4 rings (SSSR count). The molecule has 0 bridgehead atoms. The summed E-state index contributed by atoms with van der Waals surface area (Å²) in [6.07, 6.45) is 5.92.